The first-order chi connectivity index (χ1) is 7.88. The molecule has 1 aromatic rings. The Morgan fingerprint density at radius 2 is 2.19 bits per heavy atom. The second kappa shape index (κ2) is 4.10. The highest BCUT2D eigenvalue weighted by Crippen LogP contribution is 2.35. The van der Waals surface area contributed by atoms with E-state index in [1.807, 2.05) is 0 Å². The van der Waals surface area contributed by atoms with Crippen LogP contribution >= 0.6 is 0 Å². The van der Waals surface area contributed by atoms with Gasteiger partial charge in [-0.2, -0.15) is 0 Å². The molecule has 0 radical (unpaired) electrons. The molecular formula is C14H19NO. The van der Waals surface area contributed by atoms with Gasteiger partial charge in [0.2, 0.25) is 0 Å². The summed E-state index contributed by atoms with van der Waals surface area (Å²) < 4.78 is 5.41. The number of ether oxygens (including phenoxy) is 1. The van der Waals surface area contributed by atoms with E-state index in [-0.39, 0.29) is 0 Å². The highest BCUT2D eigenvalue weighted by atomic mass is 16.5. The SMILES string of the molecule is COc1cc2c(c([C@H]3CCCN3)c1)CCC2. The summed E-state index contributed by atoms with van der Waals surface area (Å²) in [5.41, 5.74) is 4.62. The van der Waals surface area contributed by atoms with Crippen molar-refractivity contribution >= 4 is 0 Å². The summed E-state index contributed by atoms with van der Waals surface area (Å²) in [6.45, 7) is 1.16. The molecule has 3 rings (SSSR count). The van der Waals surface area contributed by atoms with Crippen molar-refractivity contribution in [3.05, 3.63) is 28.8 Å². The van der Waals surface area contributed by atoms with Crippen LogP contribution < -0.4 is 10.1 Å². The molecule has 2 nitrogen and oxygen atoms in total. The molecule has 86 valence electrons. The zero-order valence-corrected chi connectivity index (χ0v) is 9.88. The Kier molecular flexibility index (Phi) is 2.60. The van der Waals surface area contributed by atoms with Crippen LogP contribution in [0.4, 0.5) is 0 Å². The lowest BCUT2D eigenvalue weighted by Crippen LogP contribution is -2.14. The van der Waals surface area contributed by atoms with E-state index in [2.05, 4.69) is 17.4 Å². The Morgan fingerprint density at radius 1 is 1.25 bits per heavy atom. The third-order valence-corrected chi connectivity index (χ3v) is 3.89. The highest BCUT2D eigenvalue weighted by Gasteiger charge is 2.24. The van der Waals surface area contributed by atoms with Crippen LogP contribution in [0.15, 0.2) is 12.1 Å². The molecule has 0 bridgehead atoms. The van der Waals surface area contributed by atoms with E-state index in [4.69, 9.17) is 4.74 Å². The van der Waals surface area contributed by atoms with Crippen molar-refractivity contribution in [3.8, 4) is 5.75 Å². The van der Waals surface area contributed by atoms with Crippen molar-refractivity contribution in [3.63, 3.8) is 0 Å². The number of nitrogens with one attached hydrogen (secondary N) is 1. The largest absolute Gasteiger partial charge is 0.497 e. The summed E-state index contributed by atoms with van der Waals surface area (Å²) in [4.78, 5) is 0. The minimum absolute atomic E-state index is 0.571. The van der Waals surface area contributed by atoms with Gasteiger partial charge in [-0.25, -0.2) is 0 Å². The number of benzene rings is 1. The van der Waals surface area contributed by atoms with E-state index in [0.29, 0.717) is 6.04 Å². The van der Waals surface area contributed by atoms with E-state index >= 15 is 0 Å². The van der Waals surface area contributed by atoms with Crippen LogP contribution in [0, 0.1) is 0 Å². The lowest BCUT2D eigenvalue weighted by atomic mass is 9.96. The van der Waals surface area contributed by atoms with E-state index < -0.39 is 0 Å². The van der Waals surface area contributed by atoms with Gasteiger partial charge in [-0.05, 0) is 67.5 Å². The molecule has 0 spiro atoms. The fraction of sp³-hybridized carbons (Fsp3) is 0.571. The van der Waals surface area contributed by atoms with Crippen LogP contribution in [0.2, 0.25) is 0 Å². The van der Waals surface area contributed by atoms with Gasteiger partial charge in [0, 0.05) is 6.04 Å². The Hall–Kier alpha value is -1.02. The summed E-state index contributed by atoms with van der Waals surface area (Å²) in [6.07, 6.45) is 6.37. The Balaban J connectivity index is 2.04. The van der Waals surface area contributed by atoms with Crippen molar-refractivity contribution in [2.45, 2.75) is 38.1 Å². The lowest BCUT2D eigenvalue weighted by Gasteiger charge is -2.17. The first kappa shape index (κ1) is 10.2. The first-order valence-corrected chi connectivity index (χ1v) is 6.31. The molecule has 16 heavy (non-hydrogen) atoms. The Bertz CT molecular complexity index is 394. The molecule has 1 heterocycles. The smallest absolute Gasteiger partial charge is 0.119 e. The second-order valence-corrected chi connectivity index (χ2v) is 4.86. The van der Waals surface area contributed by atoms with E-state index in [1.54, 1.807) is 12.7 Å². The number of aryl methyl sites for hydroxylation is 1. The van der Waals surface area contributed by atoms with Gasteiger partial charge in [0.1, 0.15) is 5.75 Å². The predicted molar refractivity (Wildman–Crippen MR) is 65.0 cm³/mol. The van der Waals surface area contributed by atoms with Crippen LogP contribution in [0.5, 0.6) is 5.75 Å². The van der Waals surface area contributed by atoms with Gasteiger partial charge >= 0.3 is 0 Å². The first-order valence-electron chi connectivity index (χ1n) is 6.31. The lowest BCUT2D eigenvalue weighted by molar-refractivity contribution is 0.413. The van der Waals surface area contributed by atoms with Crippen molar-refractivity contribution in [2.75, 3.05) is 13.7 Å². The molecule has 1 atom stereocenters. The standard InChI is InChI=1S/C14H19NO/c1-16-11-8-10-4-2-5-12(10)13(9-11)14-6-3-7-15-14/h8-9,14-15H,2-7H2,1H3/t14-/m1/s1. The molecule has 1 N–H and O–H groups in total. The van der Waals surface area contributed by atoms with Gasteiger partial charge in [0.15, 0.2) is 0 Å². The van der Waals surface area contributed by atoms with Crippen molar-refractivity contribution in [2.24, 2.45) is 0 Å². The molecule has 1 aliphatic heterocycles. The van der Waals surface area contributed by atoms with Crippen molar-refractivity contribution < 1.29 is 4.74 Å². The van der Waals surface area contributed by atoms with Gasteiger partial charge < -0.3 is 10.1 Å². The molecule has 0 aromatic heterocycles. The van der Waals surface area contributed by atoms with E-state index in [1.165, 1.54) is 43.2 Å². The molecule has 2 aliphatic rings. The number of hydrogen-bond acceptors (Lipinski definition) is 2. The molecule has 0 unspecified atom stereocenters. The van der Waals surface area contributed by atoms with Crippen LogP contribution in [0.3, 0.4) is 0 Å². The van der Waals surface area contributed by atoms with Crippen LogP contribution in [-0.4, -0.2) is 13.7 Å². The number of hydrogen-bond donors (Lipinski definition) is 1. The Labute approximate surface area is 97.0 Å². The Morgan fingerprint density at radius 3 is 2.94 bits per heavy atom. The third kappa shape index (κ3) is 1.61. The monoisotopic (exact) mass is 217 g/mol. The molecule has 1 aromatic carbocycles. The maximum atomic E-state index is 5.41. The fourth-order valence-corrected chi connectivity index (χ4v) is 3.09. The maximum absolute atomic E-state index is 5.41. The quantitative estimate of drug-likeness (QED) is 0.822. The van der Waals surface area contributed by atoms with Crippen LogP contribution in [0.1, 0.15) is 42.0 Å². The summed E-state index contributed by atoms with van der Waals surface area (Å²) in [5, 5.41) is 3.60. The number of rotatable bonds is 2. The normalized spacial score (nSPS) is 23.4. The minimum Gasteiger partial charge on any atom is -0.497 e. The minimum atomic E-state index is 0.571. The van der Waals surface area contributed by atoms with Gasteiger partial charge in [-0.15, -0.1) is 0 Å². The van der Waals surface area contributed by atoms with Gasteiger partial charge in [0.05, 0.1) is 7.11 Å². The van der Waals surface area contributed by atoms with E-state index in [9.17, 15) is 0 Å². The van der Waals surface area contributed by atoms with E-state index in [0.717, 1.165) is 12.3 Å². The predicted octanol–water partition coefficient (Wildman–Crippen LogP) is 2.61. The highest BCUT2D eigenvalue weighted by molar-refractivity contribution is 5.46. The summed E-state index contributed by atoms with van der Waals surface area (Å²) in [6, 6.07) is 5.04. The third-order valence-electron chi connectivity index (χ3n) is 3.89. The van der Waals surface area contributed by atoms with Gasteiger partial charge in [-0.3, -0.25) is 0 Å². The molecular weight excluding hydrogens is 198 g/mol. The summed E-state index contributed by atoms with van der Waals surface area (Å²) >= 11 is 0. The zero-order valence-electron chi connectivity index (χ0n) is 9.88. The number of methoxy groups -OCH3 is 1. The molecule has 0 saturated carbocycles. The average molecular weight is 217 g/mol. The van der Waals surface area contributed by atoms with Crippen molar-refractivity contribution in [1.29, 1.82) is 0 Å². The average Bonchev–Trinajstić information content (AvgIpc) is 2.98. The molecule has 0 amide bonds. The summed E-state index contributed by atoms with van der Waals surface area (Å²) in [7, 11) is 1.77. The molecule has 1 saturated heterocycles. The summed E-state index contributed by atoms with van der Waals surface area (Å²) in [5.74, 6) is 1.03. The topological polar surface area (TPSA) is 21.3 Å². The van der Waals surface area contributed by atoms with Crippen LogP contribution in [-0.2, 0) is 12.8 Å². The number of fused-ring (bicyclic) bond motifs is 1. The molecule has 2 heteroatoms. The van der Waals surface area contributed by atoms with Crippen molar-refractivity contribution in [1.82, 2.24) is 5.32 Å². The van der Waals surface area contributed by atoms with Gasteiger partial charge in [-0.1, -0.05) is 0 Å². The molecule has 1 fully saturated rings. The molecule has 1 aliphatic carbocycles. The van der Waals surface area contributed by atoms with Crippen LogP contribution in [0.25, 0.3) is 0 Å². The zero-order chi connectivity index (χ0) is 11.0. The fourth-order valence-electron chi connectivity index (χ4n) is 3.09. The second-order valence-electron chi connectivity index (χ2n) is 4.86. The van der Waals surface area contributed by atoms with Gasteiger partial charge in [0.25, 0.3) is 0 Å². The maximum Gasteiger partial charge on any atom is 0.119 e.